The summed E-state index contributed by atoms with van der Waals surface area (Å²) in [4.78, 5) is 7.89. The lowest BCUT2D eigenvalue weighted by molar-refractivity contribution is 0.333. The van der Waals surface area contributed by atoms with E-state index < -0.39 is 0 Å². The van der Waals surface area contributed by atoms with E-state index in [4.69, 9.17) is 0 Å². The van der Waals surface area contributed by atoms with Crippen LogP contribution in [-0.2, 0) is 5.11 Å². The zero-order chi connectivity index (χ0) is 8.43. The number of aromatic nitrogens is 2. The molecule has 3 heteroatoms. The first-order chi connectivity index (χ1) is 5.09. The van der Waals surface area contributed by atoms with Crippen LogP contribution < -0.4 is 0 Å². The van der Waals surface area contributed by atoms with Gasteiger partial charge in [-0.25, -0.2) is 4.98 Å². The third-order valence-corrected chi connectivity index (χ3v) is 1.36. The lowest BCUT2D eigenvalue weighted by Crippen LogP contribution is -1.97. The minimum absolute atomic E-state index is 0.193. The molecule has 0 saturated carbocycles. The van der Waals surface area contributed by atoms with E-state index in [0.717, 1.165) is 5.69 Å². The van der Waals surface area contributed by atoms with Gasteiger partial charge in [0.15, 0.2) is 0 Å². The molecule has 0 saturated heterocycles. The minimum Gasteiger partial charge on any atom is -0.267 e. The molecule has 1 heterocycles. The van der Waals surface area contributed by atoms with Gasteiger partial charge in [-0.2, -0.15) is 4.98 Å². The van der Waals surface area contributed by atoms with Crippen LogP contribution in [0.15, 0.2) is 6.07 Å². The monoisotopic (exact) mass is 151 g/mol. The highest BCUT2D eigenvalue weighted by Gasteiger charge is 2.05. The van der Waals surface area contributed by atoms with Gasteiger partial charge in [0.1, 0.15) is 5.82 Å². The van der Waals surface area contributed by atoms with Crippen molar-refractivity contribution in [2.24, 2.45) is 0 Å². The van der Waals surface area contributed by atoms with Gasteiger partial charge in [0, 0.05) is 17.7 Å². The average molecular weight is 151 g/mol. The van der Waals surface area contributed by atoms with Gasteiger partial charge in [-0.05, 0) is 6.92 Å². The van der Waals surface area contributed by atoms with Crippen molar-refractivity contribution in [2.45, 2.75) is 26.7 Å². The van der Waals surface area contributed by atoms with Gasteiger partial charge in [-0.15, -0.1) is 0 Å². The van der Waals surface area contributed by atoms with E-state index in [1.165, 1.54) is 6.07 Å². The van der Waals surface area contributed by atoms with Crippen molar-refractivity contribution in [3.63, 3.8) is 0 Å². The van der Waals surface area contributed by atoms with Gasteiger partial charge >= 0.3 is 0 Å². The van der Waals surface area contributed by atoms with Crippen molar-refractivity contribution < 1.29 is 5.11 Å². The summed E-state index contributed by atoms with van der Waals surface area (Å²) in [6, 6.07) is 1.44. The molecule has 1 aromatic heterocycles. The molecule has 0 unspecified atom stereocenters. The van der Waals surface area contributed by atoms with Gasteiger partial charge in [0.25, 0.3) is 5.88 Å². The van der Waals surface area contributed by atoms with Crippen LogP contribution in [0.1, 0.15) is 31.3 Å². The number of nitrogens with zero attached hydrogens (tertiary/aromatic N) is 2. The third-order valence-electron chi connectivity index (χ3n) is 1.36. The Hall–Kier alpha value is -1.12. The quantitative estimate of drug-likeness (QED) is 0.616. The van der Waals surface area contributed by atoms with Crippen LogP contribution >= 0.6 is 0 Å². The van der Waals surface area contributed by atoms with E-state index in [9.17, 15) is 5.11 Å². The molecule has 0 amide bonds. The molecule has 0 aromatic carbocycles. The Kier molecular flexibility index (Phi) is 2.08. The normalized spacial score (nSPS) is 10.5. The smallest absolute Gasteiger partial charge is 0.267 e. The maximum absolute atomic E-state index is 10.9. The zero-order valence-corrected chi connectivity index (χ0v) is 6.96. The largest absolute Gasteiger partial charge is 0.273 e. The predicted molar refractivity (Wildman–Crippen MR) is 41.0 cm³/mol. The molecule has 3 nitrogen and oxygen atoms in total. The molecule has 11 heavy (non-hydrogen) atoms. The predicted octanol–water partition coefficient (Wildman–Crippen LogP) is 2.05. The molecule has 0 bridgehead atoms. The molecule has 0 aliphatic heterocycles. The lowest BCUT2D eigenvalue weighted by atomic mass is 10.2. The second-order valence-electron chi connectivity index (χ2n) is 2.86. The Morgan fingerprint density at radius 1 is 1.36 bits per heavy atom. The Bertz CT molecular complexity index is 238. The molecule has 0 atom stereocenters. The van der Waals surface area contributed by atoms with Gasteiger partial charge in [0.05, 0.1) is 0 Å². The van der Waals surface area contributed by atoms with E-state index in [-0.39, 0.29) is 11.8 Å². The molecular formula is C8H11N2O. The molecular weight excluding hydrogens is 140 g/mol. The summed E-state index contributed by atoms with van der Waals surface area (Å²) in [5.41, 5.74) is 0.744. The molecule has 0 spiro atoms. The minimum atomic E-state index is -0.193. The van der Waals surface area contributed by atoms with Crippen LogP contribution in [0.25, 0.3) is 0 Å². The first-order valence-corrected chi connectivity index (χ1v) is 3.62. The molecule has 59 valence electrons. The Labute approximate surface area is 66.1 Å². The highest BCUT2D eigenvalue weighted by atomic mass is 16.3. The van der Waals surface area contributed by atoms with Gasteiger partial charge in [0.2, 0.25) is 0 Å². The number of rotatable bonds is 1. The van der Waals surface area contributed by atoms with Gasteiger partial charge < -0.3 is 0 Å². The molecule has 1 rings (SSSR count). The maximum Gasteiger partial charge on any atom is 0.273 e. The summed E-state index contributed by atoms with van der Waals surface area (Å²) in [5, 5.41) is 10.9. The average Bonchev–Trinajstić information content (AvgIpc) is 1.85. The SMILES string of the molecule is Cc1cc([O])nc(C(C)C)n1. The van der Waals surface area contributed by atoms with Crippen molar-refractivity contribution in [3.8, 4) is 5.88 Å². The van der Waals surface area contributed by atoms with Crippen LogP contribution in [0.4, 0.5) is 0 Å². The Morgan fingerprint density at radius 2 is 2.00 bits per heavy atom. The summed E-state index contributed by atoms with van der Waals surface area (Å²) in [5.74, 6) is 0.666. The van der Waals surface area contributed by atoms with Crippen LogP contribution in [0.5, 0.6) is 5.88 Å². The Balaban J connectivity index is 3.08. The number of hydrogen-bond donors (Lipinski definition) is 0. The standard InChI is InChI=1S/C8H11N2O/c1-5(2)8-9-6(3)4-7(11)10-8/h4-5H,1-3H3. The summed E-state index contributed by atoms with van der Waals surface area (Å²) in [7, 11) is 0. The fourth-order valence-electron chi connectivity index (χ4n) is 0.820. The molecule has 1 aromatic rings. The summed E-state index contributed by atoms with van der Waals surface area (Å²) in [6.45, 7) is 5.73. The maximum atomic E-state index is 10.9. The first-order valence-electron chi connectivity index (χ1n) is 3.62. The van der Waals surface area contributed by atoms with Crippen molar-refractivity contribution in [1.82, 2.24) is 9.97 Å². The second-order valence-corrected chi connectivity index (χ2v) is 2.86. The fraction of sp³-hybridized carbons (Fsp3) is 0.500. The highest BCUT2D eigenvalue weighted by molar-refractivity contribution is 5.14. The Morgan fingerprint density at radius 3 is 2.45 bits per heavy atom. The van der Waals surface area contributed by atoms with Gasteiger partial charge in [-0.3, -0.25) is 5.11 Å². The van der Waals surface area contributed by atoms with Crippen molar-refractivity contribution in [2.75, 3.05) is 0 Å². The van der Waals surface area contributed by atoms with Crippen LogP contribution in [0.3, 0.4) is 0 Å². The van der Waals surface area contributed by atoms with E-state index in [2.05, 4.69) is 9.97 Å². The van der Waals surface area contributed by atoms with Crippen LogP contribution in [-0.4, -0.2) is 9.97 Å². The lowest BCUT2D eigenvalue weighted by Gasteiger charge is -2.02. The van der Waals surface area contributed by atoms with Crippen molar-refractivity contribution in [3.05, 3.63) is 17.6 Å². The topological polar surface area (TPSA) is 45.7 Å². The summed E-state index contributed by atoms with van der Waals surface area (Å²) < 4.78 is 0. The van der Waals surface area contributed by atoms with E-state index in [1.54, 1.807) is 6.92 Å². The molecule has 0 N–H and O–H groups in total. The summed E-state index contributed by atoms with van der Waals surface area (Å²) in [6.07, 6.45) is 0. The molecule has 0 aliphatic rings. The van der Waals surface area contributed by atoms with Crippen molar-refractivity contribution in [1.29, 1.82) is 0 Å². The fourth-order valence-corrected chi connectivity index (χ4v) is 0.820. The van der Waals surface area contributed by atoms with E-state index in [0.29, 0.717) is 5.82 Å². The third kappa shape index (κ3) is 1.90. The summed E-state index contributed by atoms with van der Waals surface area (Å²) >= 11 is 0. The zero-order valence-electron chi connectivity index (χ0n) is 6.96. The second kappa shape index (κ2) is 2.86. The highest BCUT2D eigenvalue weighted by Crippen LogP contribution is 2.13. The van der Waals surface area contributed by atoms with Crippen LogP contribution in [0, 0.1) is 6.92 Å². The first kappa shape index (κ1) is 7.98. The van der Waals surface area contributed by atoms with E-state index in [1.807, 2.05) is 13.8 Å². The number of hydrogen-bond acceptors (Lipinski definition) is 2. The molecule has 1 radical (unpaired) electrons. The number of aryl methyl sites for hydroxylation is 1. The van der Waals surface area contributed by atoms with E-state index >= 15 is 0 Å². The van der Waals surface area contributed by atoms with Crippen molar-refractivity contribution >= 4 is 0 Å². The van der Waals surface area contributed by atoms with Gasteiger partial charge in [-0.1, -0.05) is 13.8 Å². The molecule has 0 fully saturated rings. The van der Waals surface area contributed by atoms with Crippen LogP contribution in [0.2, 0.25) is 0 Å². The molecule has 0 aliphatic carbocycles.